The third-order valence-electron chi connectivity index (χ3n) is 5.78. The van der Waals surface area contributed by atoms with Crippen molar-refractivity contribution in [3.05, 3.63) is 63.4 Å². The second kappa shape index (κ2) is 11.1. The van der Waals surface area contributed by atoms with E-state index in [0.717, 1.165) is 51.6 Å². The molecule has 3 aromatic rings. The molecule has 32 heavy (non-hydrogen) atoms. The summed E-state index contributed by atoms with van der Waals surface area (Å²) in [7, 11) is 0. The van der Waals surface area contributed by atoms with Gasteiger partial charge in [0, 0.05) is 31.1 Å². The van der Waals surface area contributed by atoms with Crippen molar-refractivity contribution in [2.24, 2.45) is 0 Å². The third-order valence-corrected chi connectivity index (χ3v) is 6.58. The number of hydrogen-bond acceptors (Lipinski definition) is 5. The highest BCUT2D eigenvalue weighted by Gasteiger charge is 2.21. The number of hydrogen-bond donors (Lipinski definition) is 2. The third kappa shape index (κ3) is 5.60. The molecule has 1 amide bonds. The Hall–Kier alpha value is -2.17. The minimum Gasteiger partial charge on any atom is -0.445 e. The number of nitrogens with zero attached hydrogens (tertiary/aromatic N) is 2. The number of carbonyl (C=O) groups excluding carboxylic acids is 1. The fourth-order valence-corrected chi connectivity index (χ4v) is 4.66. The number of fused-ring (bicyclic) bond motifs is 1. The summed E-state index contributed by atoms with van der Waals surface area (Å²) >= 11 is 2.25. The zero-order valence-electron chi connectivity index (χ0n) is 17.9. The molecule has 1 saturated heterocycles. The number of nitrogens with one attached hydrogen (secondary N) is 1. The highest BCUT2D eigenvalue weighted by Crippen LogP contribution is 2.31. The van der Waals surface area contributed by atoms with Crippen LogP contribution in [0.15, 0.2) is 48.5 Å². The molecule has 1 aliphatic heterocycles. The van der Waals surface area contributed by atoms with Crippen molar-refractivity contribution in [1.82, 2.24) is 15.1 Å². The van der Waals surface area contributed by atoms with Gasteiger partial charge in [0.05, 0.1) is 5.52 Å². The summed E-state index contributed by atoms with van der Waals surface area (Å²) in [5.41, 5.74) is 3.02. The Morgan fingerprint density at radius 1 is 1.28 bits per heavy atom. The van der Waals surface area contributed by atoms with Crippen molar-refractivity contribution in [2.45, 2.75) is 44.4 Å². The van der Waals surface area contributed by atoms with Crippen LogP contribution in [0.2, 0.25) is 0 Å². The van der Waals surface area contributed by atoms with Crippen LogP contribution < -0.4 is 5.32 Å². The van der Waals surface area contributed by atoms with E-state index >= 15 is 0 Å². The smallest absolute Gasteiger partial charge is 0.407 e. The van der Waals surface area contributed by atoms with Crippen LogP contribution in [0, 0.1) is 3.70 Å². The monoisotopic (exact) mass is 549 g/mol. The van der Waals surface area contributed by atoms with Crippen LogP contribution in [0.4, 0.5) is 4.79 Å². The first-order valence-electron chi connectivity index (χ1n) is 11.0. The molecule has 2 atom stereocenters. The summed E-state index contributed by atoms with van der Waals surface area (Å²) in [6.07, 6.45) is 3.36. The van der Waals surface area contributed by atoms with Gasteiger partial charge in [0.25, 0.3) is 0 Å². The first-order chi connectivity index (χ1) is 15.7. The van der Waals surface area contributed by atoms with Gasteiger partial charge in [-0.15, -0.1) is 0 Å². The maximum Gasteiger partial charge on any atom is 0.407 e. The molecule has 0 radical (unpaired) electrons. The van der Waals surface area contributed by atoms with E-state index < -0.39 is 6.09 Å². The lowest BCUT2D eigenvalue weighted by Gasteiger charge is -2.23. The molecule has 0 bridgehead atoms. The van der Waals surface area contributed by atoms with Crippen LogP contribution >= 0.6 is 22.6 Å². The fraction of sp³-hybridized carbons (Fsp3) is 0.417. The Balaban J connectivity index is 1.35. The van der Waals surface area contributed by atoms with Crippen LogP contribution in [-0.2, 0) is 16.1 Å². The maximum absolute atomic E-state index is 12.0. The number of halogens is 1. The number of ether oxygens (including phenoxy) is 2. The summed E-state index contributed by atoms with van der Waals surface area (Å²) < 4.78 is 14.1. The van der Waals surface area contributed by atoms with Crippen LogP contribution in [0.1, 0.15) is 49.0 Å². The number of aromatic nitrogens is 2. The van der Waals surface area contributed by atoms with E-state index in [-0.39, 0.29) is 25.4 Å². The summed E-state index contributed by atoms with van der Waals surface area (Å²) in [5, 5.41) is 18.5. The Morgan fingerprint density at radius 2 is 2.12 bits per heavy atom. The molecule has 1 fully saturated rings. The predicted molar refractivity (Wildman–Crippen MR) is 130 cm³/mol. The quantitative estimate of drug-likeness (QED) is 0.397. The van der Waals surface area contributed by atoms with E-state index in [0.29, 0.717) is 13.0 Å². The second-order valence-electron chi connectivity index (χ2n) is 7.99. The summed E-state index contributed by atoms with van der Waals surface area (Å²) in [6.45, 7) is 1.43. The topological polar surface area (TPSA) is 85.6 Å². The molecule has 0 spiro atoms. The van der Waals surface area contributed by atoms with Gasteiger partial charge in [-0.25, -0.2) is 9.48 Å². The standard InChI is InChI=1S/C24H28IN3O4/c25-23-20-14-18(9-10-21(20)28(27-23)22-8-4-5-13-31-22)19(15-29)11-12-26-24(30)32-16-17-6-2-1-3-7-17/h1-3,6-7,9-10,14,19,22,29H,4-5,8,11-13,15-16H2,(H,26,30)/t19-,22?/m0/s1. The zero-order chi connectivity index (χ0) is 22.3. The number of rotatable bonds is 8. The molecular weight excluding hydrogens is 521 g/mol. The second-order valence-corrected chi connectivity index (χ2v) is 9.01. The van der Waals surface area contributed by atoms with Gasteiger partial charge in [-0.2, -0.15) is 5.10 Å². The molecule has 8 heteroatoms. The SMILES string of the molecule is O=C(NCC[C@@H](CO)c1ccc2c(c1)c(I)nn2C1CCCCO1)OCc1ccccc1. The van der Waals surface area contributed by atoms with E-state index in [9.17, 15) is 9.90 Å². The lowest BCUT2D eigenvalue weighted by molar-refractivity contribution is -0.0368. The lowest BCUT2D eigenvalue weighted by atomic mass is 9.95. The van der Waals surface area contributed by atoms with Crippen molar-refractivity contribution in [3.63, 3.8) is 0 Å². The summed E-state index contributed by atoms with van der Waals surface area (Å²) in [5.74, 6) is -0.0843. The highest BCUT2D eigenvalue weighted by molar-refractivity contribution is 14.1. The van der Waals surface area contributed by atoms with Crippen LogP contribution in [0.25, 0.3) is 10.9 Å². The number of alkyl carbamates (subject to hydrolysis) is 1. The van der Waals surface area contributed by atoms with Gasteiger partial charge in [-0.3, -0.25) is 0 Å². The Kier molecular flexibility index (Phi) is 7.99. The van der Waals surface area contributed by atoms with Gasteiger partial charge in [0.15, 0.2) is 6.23 Å². The molecular formula is C24H28IN3O4. The van der Waals surface area contributed by atoms with Gasteiger partial charge in [0.2, 0.25) is 0 Å². The molecule has 4 rings (SSSR count). The molecule has 0 saturated carbocycles. The van der Waals surface area contributed by atoms with Gasteiger partial charge >= 0.3 is 6.09 Å². The number of carbonyl (C=O) groups is 1. The first-order valence-corrected chi connectivity index (χ1v) is 12.1. The zero-order valence-corrected chi connectivity index (χ0v) is 20.0. The summed E-state index contributed by atoms with van der Waals surface area (Å²) in [4.78, 5) is 12.0. The van der Waals surface area contributed by atoms with Gasteiger partial charge in [-0.05, 0) is 71.5 Å². The summed E-state index contributed by atoms with van der Waals surface area (Å²) in [6, 6.07) is 15.8. The van der Waals surface area contributed by atoms with Gasteiger partial charge in [0.1, 0.15) is 10.3 Å². The van der Waals surface area contributed by atoms with E-state index in [1.165, 1.54) is 0 Å². The van der Waals surface area contributed by atoms with Crippen LogP contribution in [0.5, 0.6) is 0 Å². The molecule has 1 aromatic heterocycles. The fourth-order valence-electron chi connectivity index (χ4n) is 4.00. The van der Waals surface area contributed by atoms with Gasteiger partial charge < -0.3 is 19.9 Å². The number of amides is 1. The van der Waals surface area contributed by atoms with Crippen LogP contribution in [-0.4, -0.2) is 40.7 Å². The molecule has 2 aromatic carbocycles. The number of aliphatic hydroxyl groups excluding tert-OH is 1. The first kappa shape index (κ1) is 23.0. The molecule has 0 aliphatic carbocycles. The molecule has 2 N–H and O–H groups in total. The molecule has 7 nitrogen and oxygen atoms in total. The predicted octanol–water partition coefficient (Wildman–Crippen LogP) is 4.73. The highest BCUT2D eigenvalue weighted by atomic mass is 127. The Bertz CT molecular complexity index is 1030. The van der Waals surface area contributed by atoms with E-state index in [2.05, 4.69) is 40.0 Å². The van der Waals surface area contributed by atoms with Crippen molar-refractivity contribution in [2.75, 3.05) is 19.8 Å². The number of benzene rings is 2. The molecule has 2 heterocycles. The Morgan fingerprint density at radius 3 is 2.88 bits per heavy atom. The average Bonchev–Trinajstić information content (AvgIpc) is 3.17. The largest absolute Gasteiger partial charge is 0.445 e. The van der Waals surface area contributed by atoms with E-state index in [1.807, 2.05) is 41.1 Å². The Labute approximate surface area is 201 Å². The molecule has 1 unspecified atom stereocenters. The van der Waals surface area contributed by atoms with Crippen molar-refractivity contribution in [3.8, 4) is 0 Å². The lowest BCUT2D eigenvalue weighted by Crippen LogP contribution is -2.26. The van der Waals surface area contributed by atoms with Crippen molar-refractivity contribution >= 4 is 39.6 Å². The average molecular weight is 549 g/mol. The minimum atomic E-state index is -0.454. The minimum absolute atomic E-state index is 0.00268. The van der Waals surface area contributed by atoms with E-state index in [1.54, 1.807) is 0 Å². The molecule has 1 aliphatic rings. The molecule has 170 valence electrons. The number of aliphatic hydroxyl groups is 1. The van der Waals surface area contributed by atoms with E-state index in [4.69, 9.17) is 14.6 Å². The normalized spacial score (nSPS) is 17.2. The van der Waals surface area contributed by atoms with Gasteiger partial charge in [-0.1, -0.05) is 36.4 Å². The maximum atomic E-state index is 12.0. The van der Waals surface area contributed by atoms with Crippen molar-refractivity contribution in [1.29, 1.82) is 0 Å². The van der Waals surface area contributed by atoms with Crippen molar-refractivity contribution < 1.29 is 19.4 Å². The van der Waals surface area contributed by atoms with Crippen LogP contribution in [0.3, 0.4) is 0 Å².